The Balaban J connectivity index is 1.32. The highest BCUT2D eigenvalue weighted by Gasteiger charge is 2.35. The van der Waals surface area contributed by atoms with Crippen molar-refractivity contribution in [3.8, 4) is 0 Å². The summed E-state index contributed by atoms with van der Waals surface area (Å²) in [5, 5.41) is 4.13. The molecule has 3 saturated heterocycles. The highest BCUT2D eigenvalue weighted by Crippen LogP contribution is 2.30. The van der Waals surface area contributed by atoms with E-state index in [1.807, 2.05) is 6.92 Å². The minimum absolute atomic E-state index is 0.603. The Morgan fingerprint density at radius 2 is 1.93 bits per heavy atom. The van der Waals surface area contributed by atoms with Crippen molar-refractivity contribution in [2.24, 2.45) is 5.92 Å². The molecule has 3 aromatic heterocycles. The van der Waals surface area contributed by atoms with Crippen molar-refractivity contribution in [3.05, 3.63) is 52.8 Å². The Kier molecular flexibility index (Phi) is 4.48. The normalized spacial score (nSPS) is 23.5. The average Bonchev–Trinajstić information content (AvgIpc) is 3.06. The fourth-order valence-electron chi connectivity index (χ4n) is 4.99. The van der Waals surface area contributed by atoms with Crippen LogP contribution in [-0.4, -0.2) is 50.0 Å². The first kappa shape index (κ1) is 17.9. The zero-order chi connectivity index (χ0) is 19.3. The van der Waals surface area contributed by atoms with Gasteiger partial charge in [-0.2, -0.15) is 0 Å². The molecule has 3 aliphatic rings. The van der Waals surface area contributed by atoms with Crippen LogP contribution in [0.4, 0.5) is 0 Å². The van der Waals surface area contributed by atoms with E-state index in [-0.39, 0.29) is 0 Å². The zero-order valence-corrected chi connectivity index (χ0v) is 17.1. The summed E-state index contributed by atoms with van der Waals surface area (Å²) in [6.45, 7) is 11.6. The van der Waals surface area contributed by atoms with Crippen LogP contribution in [0, 0.1) is 26.7 Å². The van der Waals surface area contributed by atoms with Crippen molar-refractivity contribution in [2.75, 3.05) is 19.6 Å². The van der Waals surface area contributed by atoms with Crippen molar-refractivity contribution in [1.29, 1.82) is 0 Å². The lowest BCUT2D eigenvalue weighted by molar-refractivity contribution is 0.122. The number of pyridine rings is 1. The number of hydrogen-bond acceptors (Lipinski definition) is 5. The summed E-state index contributed by atoms with van der Waals surface area (Å²) < 4.78 is 7.53. The van der Waals surface area contributed by atoms with Gasteiger partial charge in [-0.25, -0.2) is 4.98 Å². The molecule has 2 bridgehead atoms. The van der Waals surface area contributed by atoms with Gasteiger partial charge in [0.25, 0.3) is 0 Å². The van der Waals surface area contributed by atoms with Gasteiger partial charge in [-0.05, 0) is 51.2 Å². The number of rotatable bonds is 4. The van der Waals surface area contributed by atoms with Crippen LogP contribution < -0.4 is 0 Å². The molecule has 0 unspecified atom stereocenters. The smallest absolute Gasteiger partial charge is 0.138 e. The van der Waals surface area contributed by atoms with Gasteiger partial charge in [0.15, 0.2) is 0 Å². The summed E-state index contributed by atoms with van der Waals surface area (Å²) in [5.74, 6) is 1.70. The second-order valence-electron chi connectivity index (χ2n) is 8.73. The maximum atomic E-state index is 5.38. The van der Waals surface area contributed by atoms with E-state index in [1.165, 1.54) is 42.8 Å². The molecule has 3 fully saturated rings. The first-order chi connectivity index (χ1) is 13.5. The maximum Gasteiger partial charge on any atom is 0.138 e. The molecule has 0 aromatic carbocycles. The van der Waals surface area contributed by atoms with Crippen LogP contribution in [0.2, 0.25) is 0 Å². The maximum absolute atomic E-state index is 5.38. The first-order valence-corrected chi connectivity index (χ1v) is 10.4. The minimum Gasteiger partial charge on any atom is -0.361 e. The number of piperidine rings is 1. The predicted molar refractivity (Wildman–Crippen MR) is 108 cm³/mol. The van der Waals surface area contributed by atoms with Crippen molar-refractivity contribution < 1.29 is 4.52 Å². The molecule has 0 aliphatic carbocycles. The van der Waals surface area contributed by atoms with Crippen LogP contribution in [0.15, 0.2) is 29.0 Å². The second kappa shape index (κ2) is 7.01. The molecule has 148 valence electrons. The summed E-state index contributed by atoms with van der Waals surface area (Å²) >= 11 is 0. The van der Waals surface area contributed by atoms with Crippen LogP contribution in [-0.2, 0) is 13.1 Å². The molecule has 28 heavy (non-hydrogen) atoms. The Morgan fingerprint density at radius 3 is 2.75 bits per heavy atom. The topological polar surface area (TPSA) is 49.8 Å². The number of aromatic nitrogens is 3. The van der Waals surface area contributed by atoms with Crippen LogP contribution in [0.25, 0.3) is 5.65 Å². The van der Waals surface area contributed by atoms with Crippen LogP contribution in [0.5, 0.6) is 0 Å². The average molecular weight is 380 g/mol. The van der Waals surface area contributed by atoms with E-state index in [9.17, 15) is 0 Å². The number of aryl methyl sites for hydroxylation is 3. The Morgan fingerprint density at radius 1 is 1.04 bits per heavy atom. The molecular formula is C22H29N5O. The molecule has 3 aromatic rings. The van der Waals surface area contributed by atoms with Crippen LogP contribution in [0.1, 0.15) is 41.1 Å². The van der Waals surface area contributed by atoms with Gasteiger partial charge in [-0.1, -0.05) is 11.2 Å². The van der Waals surface area contributed by atoms with E-state index >= 15 is 0 Å². The molecule has 0 radical (unpaired) electrons. The fraction of sp³-hybridized carbons (Fsp3) is 0.545. The molecule has 0 N–H and O–H groups in total. The van der Waals surface area contributed by atoms with Gasteiger partial charge in [0.2, 0.25) is 0 Å². The van der Waals surface area contributed by atoms with Crippen molar-refractivity contribution >= 4 is 5.65 Å². The molecule has 0 saturated carbocycles. The lowest BCUT2D eigenvalue weighted by Crippen LogP contribution is -2.43. The Hall–Kier alpha value is -2.18. The van der Waals surface area contributed by atoms with Crippen LogP contribution >= 0.6 is 0 Å². The second-order valence-corrected chi connectivity index (χ2v) is 8.73. The molecule has 0 amide bonds. The Bertz CT molecular complexity index is 971. The molecule has 2 atom stereocenters. The highest BCUT2D eigenvalue weighted by molar-refractivity contribution is 5.41. The summed E-state index contributed by atoms with van der Waals surface area (Å²) in [4.78, 5) is 10.1. The lowest BCUT2D eigenvalue weighted by atomic mass is 9.95. The molecule has 6 heteroatoms. The number of hydrogen-bond donors (Lipinski definition) is 0. The predicted octanol–water partition coefficient (Wildman–Crippen LogP) is 3.34. The van der Waals surface area contributed by atoms with Crippen molar-refractivity contribution in [1.82, 2.24) is 24.3 Å². The molecule has 3 aliphatic heterocycles. The molecule has 6 rings (SSSR count). The third kappa shape index (κ3) is 3.35. The van der Waals surface area contributed by atoms with E-state index in [0.717, 1.165) is 42.7 Å². The molecule has 0 spiro atoms. The fourth-order valence-corrected chi connectivity index (χ4v) is 4.99. The van der Waals surface area contributed by atoms with Crippen molar-refractivity contribution in [3.63, 3.8) is 0 Å². The molecule has 6 nitrogen and oxygen atoms in total. The van der Waals surface area contributed by atoms with Gasteiger partial charge in [0, 0.05) is 56.7 Å². The zero-order valence-electron chi connectivity index (χ0n) is 17.1. The highest BCUT2D eigenvalue weighted by atomic mass is 16.5. The summed E-state index contributed by atoms with van der Waals surface area (Å²) in [6, 6.07) is 4.84. The van der Waals surface area contributed by atoms with Crippen LogP contribution in [0.3, 0.4) is 0 Å². The van der Waals surface area contributed by atoms with Gasteiger partial charge in [-0.15, -0.1) is 0 Å². The number of nitrogens with zero attached hydrogens (tertiary/aromatic N) is 5. The largest absolute Gasteiger partial charge is 0.361 e. The first-order valence-electron chi connectivity index (χ1n) is 10.4. The van der Waals surface area contributed by atoms with Crippen molar-refractivity contribution in [2.45, 2.75) is 52.7 Å². The van der Waals surface area contributed by atoms with E-state index in [0.29, 0.717) is 6.04 Å². The van der Waals surface area contributed by atoms with Gasteiger partial charge >= 0.3 is 0 Å². The van der Waals surface area contributed by atoms with E-state index in [1.54, 1.807) is 0 Å². The number of imidazole rings is 1. The SMILES string of the molecule is Cc1ccc2nc(CN3C[C@H]4CC[C@@H]3CN(Cc3c(C)noc3C)C4)cn2c1. The molecular weight excluding hydrogens is 350 g/mol. The van der Waals surface area contributed by atoms with Gasteiger partial charge in [-0.3, -0.25) is 9.80 Å². The van der Waals surface area contributed by atoms with E-state index in [2.05, 4.69) is 57.7 Å². The quantitative estimate of drug-likeness (QED) is 0.696. The third-order valence-corrected chi connectivity index (χ3v) is 6.48. The summed E-state index contributed by atoms with van der Waals surface area (Å²) in [5.41, 5.74) is 5.78. The standard InChI is InChI=1S/C22H29N5O/c1-15-4-7-22-23-19(12-27(22)8-15)11-26-10-18-5-6-20(26)13-25(9-18)14-21-16(2)24-28-17(21)3/h4,7-8,12,18,20H,5-6,9-11,13-14H2,1-3H3/t18-,20+/m0/s1. The van der Waals surface area contributed by atoms with Gasteiger partial charge in [0.1, 0.15) is 11.4 Å². The van der Waals surface area contributed by atoms with E-state index in [4.69, 9.17) is 9.51 Å². The number of fused-ring (bicyclic) bond motifs is 5. The summed E-state index contributed by atoms with van der Waals surface area (Å²) in [7, 11) is 0. The monoisotopic (exact) mass is 379 g/mol. The molecule has 6 heterocycles. The third-order valence-electron chi connectivity index (χ3n) is 6.48. The Labute approximate surface area is 166 Å². The lowest BCUT2D eigenvalue weighted by Gasteiger charge is -2.35. The van der Waals surface area contributed by atoms with Gasteiger partial charge in [0.05, 0.1) is 11.4 Å². The van der Waals surface area contributed by atoms with E-state index < -0.39 is 0 Å². The minimum atomic E-state index is 0.603. The summed E-state index contributed by atoms with van der Waals surface area (Å²) in [6.07, 6.45) is 6.98. The van der Waals surface area contributed by atoms with Gasteiger partial charge < -0.3 is 8.92 Å².